The number of piperidine rings is 1. The van der Waals surface area contributed by atoms with E-state index in [2.05, 4.69) is 41.9 Å². The summed E-state index contributed by atoms with van der Waals surface area (Å²) in [5.41, 5.74) is 10.3. The third-order valence-corrected chi connectivity index (χ3v) is 4.42. The first-order valence-corrected chi connectivity index (χ1v) is 7.83. The molecule has 2 rings (SSSR count). The van der Waals surface area contributed by atoms with Crippen molar-refractivity contribution in [2.24, 2.45) is 11.7 Å². The summed E-state index contributed by atoms with van der Waals surface area (Å²) in [5.74, 6) is 0.794. The predicted molar refractivity (Wildman–Crippen MR) is 90.3 cm³/mol. The maximum absolute atomic E-state index is 5.47. The van der Waals surface area contributed by atoms with Gasteiger partial charge in [-0.2, -0.15) is 0 Å². The molecule has 1 aromatic heterocycles. The van der Waals surface area contributed by atoms with Gasteiger partial charge in [0.1, 0.15) is 0 Å². The normalized spacial score (nSPS) is 17.7. The number of allylic oxidation sites excluding steroid dienone is 3. The van der Waals surface area contributed by atoms with Crippen LogP contribution < -0.4 is 10.6 Å². The number of nitrogens with two attached hydrogens (primary N) is 1. The molecule has 0 radical (unpaired) electrons. The summed E-state index contributed by atoms with van der Waals surface area (Å²) in [5, 5.41) is 0. The lowest BCUT2D eigenvalue weighted by Gasteiger charge is -2.33. The van der Waals surface area contributed by atoms with Crippen LogP contribution in [-0.4, -0.2) is 18.1 Å². The number of rotatable bonds is 4. The molecule has 0 aliphatic carbocycles. The fourth-order valence-electron chi connectivity index (χ4n) is 2.73. The minimum absolute atomic E-state index is 0.794. The van der Waals surface area contributed by atoms with Gasteiger partial charge in [0.2, 0.25) is 0 Å². The molecule has 114 valence electrons. The van der Waals surface area contributed by atoms with E-state index in [0.717, 1.165) is 36.7 Å². The number of aryl methyl sites for hydroxylation is 2. The molecule has 2 N–H and O–H groups in total. The van der Waals surface area contributed by atoms with Gasteiger partial charge in [-0.25, -0.2) is 0 Å². The predicted octanol–water partition coefficient (Wildman–Crippen LogP) is 3.72. The molecule has 1 aromatic rings. The monoisotopic (exact) mass is 285 g/mol. The molecule has 0 aromatic carbocycles. The summed E-state index contributed by atoms with van der Waals surface area (Å²) in [4.78, 5) is 6.94. The molecule has 0 unspecified atom stereocenters. The van der Waals surface area contributed by atoms with Crippen LogP contribution in [0, 0.1) is 19.8 Å². The van der Waals surface area contributed by atoms with Gasteiger partial charge in [0.05, 0.1) is 11.9 Å². The van der Waals surface area contributed by atoms with Crippen LogP contribution in [0.1, 0.15) is 37.4 Å². The van der Waals surface area contributed by atoms with E-state index in [0.29, 0.717) is 0 Å². The average molecular weight is 285 g/mol. The third kappa shape index (κ3) is 4.35. The maximum atomic E-state index is 5.47. The zero-order chi connectivity index (χ0) is 15.2. The Morgan fingerprint density at radius 2 is 2.10 bits per heavy atom. The average Bonchev–Trinajstić information content (AvgIpc) is 2.50. The summed E-state index contributed by atoms with van der Waals surface area (Å²) >= 11 is 0. The van der Waals surface area contributed by atoms with E-state index in [-0.39, 0.29) is 0 Å². The van der Waals surface area contributed by atoms with Gasteiger partial charge >= 0.3 is 0 Å². The third-order valence-electron chi connectivity index (χ3n) is 4.42. The van der Waals surface area contributed by atoms with Crippen LogP contribution in [0.3, 0.4) is 0 Å². The number of nitrogens with zero attached hydrogens (tertiary/aromatic N) is 2. The van der Waals surface area contributed by atoms with E-state index in [1.54, 1.807) is 6.20 Å². The summed E-state index contributed by atoms with van der Waals surface area (Å²) in [6.07, 6.45) is 11.7. The minimum atomic E-state index is 0.794. The van der Waals surface area contributed by atoms with Crippen LogP contribution in [0.2, 0.25) is 0 Å². The molecule has 1 aliphatic heterocycles. The molecule has 1 saturated heterocycles. The zero-order valence-corrected chi connectivity index (χ0v) is 13.5. The molecule has 1 fully saturated rings. The smallest absolute Gasteiger partial charge is 0.0555 e. The van der Waals surface area contributed by atoms with Gasteiger partial charge in [0.15, 0.2) is 0 Å². The molecule has 0 amide bonds. The van der Waals surface area contributed by atoms with Crippen molar-refractivity contribution in [1.82, 2.24) is 4.98 Å². The lowest BCUT2D eigenvalue weighted by Crippen LogP contribution is -2.33. The first-order chi connectivity index (χ1) is 10.1. The standard InChI is InChI=1S/C18H27N3/c1-14(12-19)5-4-6-17-7-9-21(10-8-17)18-11-15(2)16(3)20-13-18/h4-5,11-13,17H,6-10,19H2,1-3H3/b5-4-,14-12-. The van der Waals surface area contributed by atoms with Crippen LogP contribution >= 0.6 is 0 Å². The summed E-state index contributed by atoms with van der Waals surface area (Å²) in [7, 11) is 0. The number of anilines is 1. The van der Waals surface area contributed by atoms with Gasteiger partial charge in [-0.05, 0) is 69.4 Å². The second-order valence-corrected chi connectivity index (χ2v) is 6.08. The molecular weight excluding hydrogens is 258 g/mol. The Morgan fingerprint density at radius 1 is 1.38 bits per heavy atom. The van der Waals surface area contributed by atoms with E-state index in [1.165, 1.54) is 24.1 Å². The molecule has 3 nitrogen and oxygen atoms in total. The molecule has 0 atom stereocenters. The van der Waals surface area contributed by atoms with E-state index in [9.17, 15) is 0 Å². The quantitative estimate of drug-likeness (QED) is 0.857. The van der Waals surface area contributed by atoms with Gasteiger partial charge < -0.3 is 10.6 Å². The molecule has 1 aliphatic rings. The Labute approximate surface area is 128 Å². The van der Waals surface area contributed by atoms with Gasteiger partial charge in [0.25, 0.3) is 0 Å². The second-order valence-electron chi connectivity index (χ2n) is 6.08. The van der Waals surface area contributed by atoms with Crippen LogP contribution in [0.4, 0.5) is 5.69 Å². The molecule has 0 saturated carbocycles. The molecule has 2 heterocycles. The van der Waals surface area contributed by atoms with Crippen LogP contribution in [0.5, 0.6) is 0 Å². The van der Waals surface area contributed by atoms with Gasteiger partial charge in [-0.15, -0.1) is 0 Å². The molecule has 21 heavy (non-hydrogen) atoms. The van der Waals surface area contributed by atoms with Crippen molar-refractivity contribution in [3.8, 4) is 0 Å². The topological polar surface area (TPSA) is 42.2 Å². The highest BCUT2D eigenvalue weighted by atomic mass is 15.1. The highest BCUT2D eigenvalue weighted by molar-refractivity contribution is 5.47. The number of hydrogen-bond acceptors (Lipinski definition) is 3. The van der Waals surface area contributed by atoms with Crippen molar-refractivity contribution in [2.75, 3.05) is 18.0 Å². The largest absolute Gasteiger partial charge is 0.404 e. The fraction of sp³-hybridized carbons (Fsp3) is 0.500. The molecular formula is C18H27N3. The maximum Gasteiger partial charge on any atom is 0.0555 e. The Kier molecular flexibility index (Phi) is 5.43. The van der Waals surface area contributed by atoms with Gasteiger partial charge in [-0.1, -0.05) is 12.2 Å². The van der Waals surface area contributed by atoms with Gasteiger partial charge in [-0.3, -0.25) is 4.98 Å². The van der Waals surface area contributed by atoms with Gasteiger partial charge in [0, 0.05) is 18.8 Å². The fourth-order valence-corrected chi connectivity index (χ4v) is 2.73. The van der Waals surface area contributed by atoms with Crippen molar-refractivity contribution in [1.29, 1.82) is 0 Å². The molecule has 0 spiro atoms. The van der Waals surface area contributed by atoms with Crippen molar-refractivity contribution in [3.63, 3.8) is 0 Å². The summed E-state index contributed by atoms with van der Waals surface area (Å²) in [6, 6.07) is 2.26. The lowest BCUT2D eigenvalue weighted by atomic mass is 9.93. The van der Waals surface area contributed by atoms with Crippen molar-refractivity contribution >= 4 is 5.69 Å². The number of pyridine rings is 1. The first-order valence-electron chi connectivity index (χ1n) is 7.83. The lowest BCUT2D eigenvalue weighted by molar-refractivity contribution is 0.409. The summed E-state index contributed by atoms with van der Waals surface area (Å²) in [6.45, 7) is 8.50. The van der Waals surface area contributed by atoms with E-state index in [1.807, 2.05) is 13.1 Å². The van der Waals surface area contributed by atoms with Crippen molar-refractivity contribution in [2.45, 2.75) is 40.0 Å². The molecule has 3 heteroatoms. The Morgan fingerprint density at radius 3 is 2.71 bits per heavy atom. The Balaban J connectivity index is 1.85. The van der Waals surface area contributed by atoms with Crippen molar-refractivity contribution in [3.05, 3.63) is 47.4 Å². The Hall–Kier alpha value is -1.77. The number of hydrogen-bond donors (Lipinski definition) is 1. The van der Waals surface area contributed by atoms with Crippen LogP contribution in [-0.2, 0) is 0 Å². The van der Waals surface area contributed by atoms with Crippen LogP contribution in [0.15, 0.2) is 36.2 Å². The second kappa shape index (κ2) is 7.30. The Bertz CT molecular complexity index is 523. The van der Waals surface area contributed by atoms with Crippen LogP contribution in [0.25, 0.3) is 0 Å². The van der Waals surface area contributed by atoms with E-state index < -0.39 is 0 Å². The number of aromatic nitrogens is 1. The summed E-state index contributed by atoms with van der Waals surface area (Å²) < 4.78 is 0. The molecule has 0 bridgehead atoms. The minimum Gasteiger partial charge on any atom is -0.404 e. The highest BCUT2D eigenvalue weighted by Gasteiger charge is 2.18. The SMILES string of the molecule is CC(/C=C\CC1CCN(c2cnc(C)c(C)c2)CC1)=C/N. The van der Waals surface area contributed by atoms with E-state index in [4.69, 9.17) is 5.73 Å². The zero-order valence-electron chi connectivity index (χ0n) is 13.5. The first kappa shape index (κ1) is 15.6. The van der Waals surface area contributed by atoms with Crippen molar-refractivity contribution < 1.29 is 0 Å². The van der Waals surface area contributed by atoms with E-state index >= 15 is 0 Å². The highest BCUT2D eigenvalue weighted by Crippen LogP contribution is 2.26.